The standard InChI is InChI=1S/C15H12INO/c1-9-3-8-13-14(10(9)2)18-15(17-13)11-4-6-12(16)7-5-11/h3-8H,1-2H3. The summed E-state index contributed by atoms with van der Waals surface area (Å²) in [6.45, 7) is 4.16. The van der Waals surface area contributed by atoms with Gasteiger partial charge in [-0.1, -0.05) is 6.07 Å². The first-order chi connectivity index (χ1) is 8.65. The average Bonchev–Trinajstić information content (AvgIpc) is 2.80. The van der Waals surface area contributed by atoms with Gasteiger partial charge in [-0.05, 0) is 77.9 Å². The maximum atomic E-state index is 5.89. The molecule has 0 aliphatic rings. The van der Waals surface area contributed by atoms with Crippen molar-refractivity contribution < 1.29 is 4.42 Å². The van der Waals surface area contributed by atoms with E-state index in [2.05, 4.69) is 59.6 Å². The molecule has 0 radical (unpaired) electrons. The van der Waals surface area contributed by atoms with E-state index in [4.69, 9.17) is 4.42 Å². The van der Waals surface area contributed by atoms with Crippen molar-refractivity contribution in [2.75, 3.05) is 0 Å². The van der Waals surface area contributed by atoms with E-state index in [1.54, 1.807) is 0 Å². The highest BCUT2D eigenvalue weighted by atomic mass is 127. The first kappa shape index (κ1) is 11.7. The van der Waals surface area contributed by atoms with Crippen LogP contribution in [-0.2, 0) is 0 Å². The van der Waals surface area contributed by atoms with Gasteiger partial charge in [0.15, 0.2) is 5.58 Å². The van der Waals surface area contributed by atoms with E-state index in [1.165, 1.54) is 9.13 Å². The summed E-state index contributed by atoms with van der Waals surface area (Å²) in [5.74, 6) is 0.690. The monoisotopic (exact) mass is 349 g/mol. The number of hydrogen-bond donors (Lipinski definition) is 0. The minimum Gasteiger partial charge on any atom is -0.436 e. The summed E-state index contributed by atoms with van der Waals surface area (Å²) >= 11 is 2.29. The maximum Gasteiger partial charge on any atom is 0.227 e. The predicted octanol–water partition coefficient (Wildman–Crippen LogP) is 4.72. The Morgan fingerprint density at radius 3 is 2.44 bits per heavy atom. The van der Waals surface area contributed by atoms with Crippen LogP contribution >= 0.6 is 22.6 Å². The Morgan fingerprint density at radius 1 is 1.00 bits per heavy atom. The Morgan fingerprint density at radius 2 is 1.72 bits per heavy atom. The van der Waals surface area contributed by atoms with Crippen molar-refractivity contribution in [3.05, 3.63) is 51.1 Å². The topological polar surface area (TPSA) is 26.0 Å². The zero-order chi connectivity index (χ0) is 12.7. The molecular formula is C15H12INO. The lowest BCUT2D eigenvalue weighted by molar-refractivity contribution is 0.617. The number of nitrogens with zero attached hydrogens (tertiary/aromatic N) is 1. The Labute approximate surface area is 119 Å². The first-order valence-electron chi connectivity index (χ1n) is 5.78. The number of benzene rings is 2. The van der Waals surface area contributed by atoms with Gasteiger partial charge < -0.3 is 4.42 Å². The van der Waals surface area contributed by atoms with Crippen LogP contribution in [0.2, 0.25) is 0 Å². The number of fused-ring (bicyclic) bond motifs is 1. The van der Waals surface area contributed by atoms with Crippen LogP contribution in [0.1, 0.15) is 11.1 Å². The van der Waals surface area contributed by atoms with E-state index >= 15 is 0 Å². The van der Waals surface area contributed by atoms with E-state index in [0.29, 0.717) is 5.89 Å². The minimum atomic E-state index is 0.690. The number of rotatable bonds is 1. The molecule has 3 rings (SSSR count). The van der Waals surface area contributed by atoms with Crippen LogP contribution in [-0.4, -0.2) is 4.98 Å². The number of aromatic nitrogens is 1. The molecule has 3 heteroatoms. The molecule has 0 bridgehead atoms. The zero-order valence-electron chi connectivity index (χ0n) is 10.2. The Balaban J connectivity index is 2.19. The number of oxazole rings is 1. The van der Waals surface area contributed by atoms with Crippen molar-refractivity contribution in [1.82, 2.24) is 4.98 Å². The first-order valence-corrected chi connectivity index (χ1v) is 6.86. The molecule has 0 fully saturated rings. The van der Waals surface area contributed by atoms with E-state index in [0.717, 1.165) is 22.2 Å². The van der Waals surface area contributed by atoms with Crippen LogP contribution in [0, 0.1) is 17.4 Å². The van der Waals surface area contributed by atoms with E-state index in [1.807, 2.05) is 18.2 Å². The summed E-state index contributed by atoms with van der Waals surface area (Å²) < 4.78 is 7.10. The molecule has 2 aromatic carbocycles. The quantitative estimate of drug-likeness (QED) is 0.595. The lowest BCUT2D eigenvalue weighted by atomic mass is 10.1. The van der Waals surface area contributed by atoms with Gasteiger partial charge in [0.05, 0.1) is 0 Å². The van der Waals surface area contributed by atoms with E-state index < -0.39 is 0 Å². The lowest BCUT2D eigenvalue weighted by Gasteiger charge is -1.97. The summed E-state index contributed by atoms with van der Waals surface area (Å²) in [5, 5.41) is 0. The van der Waals surface area contributed by atoms with Crippen LogP contribution in [0.4, 0.5) is 0 Å². The molecule has 90 valence electrons. The molecule has 0 atom stereocenters. The van der Waals surface area contributed by atoms with Crippen LogP contribution in [0.5, 0.6) is 0 Å². The molecule has 3 aromatic rings. The van der Waals surface area contributed by atoms with Gasteiger partial charge in [0.25, 0.3) is 0 Å². The van der Waals surface area contributed by atoms with E-state index in [-0.39, 0.29) is 0 Å². The summed E-state index contributed by atoms with van der Waals surface area (Å²) in [5.41, 5.74) is 5.23. The van der Waals surface area contributed by atoms with Crippen molar-refractivity contribution in [2.24, 2.45) is 0 Å². The van der Waals surface area contributed by atoms with Gasteiger partial charge in [-0.15, -0.1) is 0 Å². The molecule has 0 aliphatic carbocycles. The SMILES string of the molecule is Cc1ccc2nc(-c3ccc(I)cc3)oc2c1C. The molecule has 0 spiro atoms. The van der Waals surface area contributed by atoms with Crippen LogP contribution in [0.15, 0.2) is 40.8 Å². The third-order valence-corrected chi connectivity index (χ3v) is 3.89. The van der Waals surface area contributed by atoms with Crippen LogP contribution < -0.4 is 0 Å². The van der Waals surface area contributed by atoms with Crippen molar-refractivity contribution in [1.29, 1.82) is 0 Å². The summed E-state index contributed by atoms with van der Waals surface area (Å²) in [4.78, 5) is 4.55. The van der Waals surface area contributed by atoms with Gasteiger partial charge in [0.1, 0.15) is 5.52 Å². The summed E-state index contributed by atoms with van der Waals surface area (Å²) in [7, 11) is 0. The highest BCUT2D eigenvalue weighted by Gasteiger charge is 2.10. The minimum absolute atomic E-state index is 0.690. The van der Waals surface area contributed by atoms with Crippen molar-refractivity contribution >= 4 is 33.7 Å². The Hall–Kier alpha value is -1.36. The lowest BCUT2D eigenvalue weighted by Crippen LogP contribution is -1.79. The molecule has 1 heterocycles. The zero-order valence-corrected chi connectivity index (χ0v) is 12.4. The maximum absolute atomic E-state index is 5.89. The molecule has 0 N–H and O–H groups in total. The van der Waals surface area contributed by atoms with Gasteiger partial charge in [0, 0.05) is 9.13 Å². The number of hydrogen-bond acceptors (Lipinski definition) is 2. The van der Waals surface area contributed by atoms with Crippen molar-refractivity contribution in [3.8, 4) is 11.5 Å². The van der Waals surface area contributed by atoms with Gasteiger partial charge in [-0.3, -0.25) is 0 Å². The third kappa shape index (κ3) is 1.92. The summed E-state index contributed by atoms with van der Waals surface area (Å²) in [6, 6.07) is 12.3. The van der Waals surface area contributed by atoms with Gasteiger partial charge in [-0.25, -0.2) is 4.98 Å². The normalized spacial score (nSPS) is 11.1. The van der Waals surface area contributed by atoms with Crippen molar-refractivity contribution in [3.63, 3.8) is 0 Å². The second-order valence-electron chi connectivity index (χ2n) is 4.38. The second kappa shape index (κ2) is 4.39. The third-order valence-electron chi connectivity index (χ3n) is 3.17. The highest BCUT2D eigenvalue weighted by molar-refractivity contribution is 14.1. The van der Waals surface area contributed by atoms with E-state index in [9.17, 15) is 0 Å². The molecular weight excluding hydrogens is 337 g/mol. The van der Waals surface area contributed by atoms with Crippen LogP contribution in [0.25, 0.3) is 22.6 Å². The fourth-order valence-corrected chi connectivity index (χ4v) is 2.30. The molecule has 0 saturated heterocycles. The average molecular weight is 349 g/mol. The molecule has 0 saturated carbocycles. The predicted molar refractivity (Wildman–Crippen MR) is 81.6 cm³/mol. The largest absolute Gasteiger partial charge is 0.436 e. The van der Waals surface area contributed by atoms with Gasteiger partial charge in [-0.2, -0.15) is 0 Å². The van der Waals surface area contributed by atoms with Gasteiger partial charge >= 0.3 is 0 Å². The second-order valence-corrected chi connectivity index (χ2v) is 5.63. The molecule has 0 aliphatic heterocycles. The number of aryl methyl sites for hydroxylation is 2. The molecule has 0 amide bonds. The molecule has 1 aromatic heterocycles. The smallest absolute Gasteiger partial charge is 0.227 e. The highest BCUT2D eigenvalue weighted by Crippen LogP contribution is 2.28. The summed E-state index contributed by atoms with van der Waals surface area (Å²) in [6.07, 6.45) is 0. The number of halogens is 1. The molecule has 0 unspecified atom stereocenters. The molecule has 18 heavy (non-hydrogen) atoms. The Kier molecular flexibility index (Phi) is 2.86. The van der Waals surface area contributed by atoms with Gasteiger partial charge in [0.2, 0.25) is 5.89 Å². The van der Waals surface area contributed by atoms with Crippen molar-refractivity contribution in [2.45, 2.75) is 13.8 Å². The fourth-order valence-electron chi connectivity index (χ4n) is 1.94. The Bertz CT molecular complexity index is 713. The fraction of sp³-hybridized carbons (Fsp3) is 0.133. The molecule has 2 nitrogen and oxygen atoms in total. The van der Waals surface area contributed by atoms with Crippen LogP contribution in [0.3, 0.4) is 0 Å².